The van der Waals surface area contributed by atoms with Crippen LogP contribution in [0.2, 0.25) is 0 Å². The van der Waals surface area contributed by atoms with Crippen LogP contribution in [-0.2, 0) is 14.4 Å². The van der Waals surface area contributed by atoms with E-state index in [9.17, 15) is 8.42 Å². The molecule has 0 aliphatic carbocycles. The average Bonchev–Trinajstić information content (AvgIpc) is 1.85. The highest BCUT2D eigenvalue weighted by Gasteiger charge is 2.07. The summed E-state index contributed by atoms with van der Waals surface area (Å²) >= 11 is 0. The van der Waals surface area contributed by atoms with Gasteiger partial charge in [0.2, 0.25) is 0 Å². The molecule has 0 unspecified atom stereocenters. The van der Waals surface area contributed by atoms with Gasteiger partial charge < -0.3 is 0 Å². The number of hydrogen-bond acceptors (Lipinski definition) is 4. The molecule has 0 aromatic rings. The first-order valence-electron chi connectivity index (χ1n) is 3.14. The summed E-state index contributed by atoms with van der Waals surface area (Å²) in [6.07, 6.45) is 0. The van der Waals surface area contributed by atoms with Crippen molar-refractivity contribution in [2.75, 3.05) is 5.75 Å². The SMILES string of the molecule is CCS(=O)(=O)ONC(C)C. The molecule has 0 spiro atoms. The van der Waals surface area contributed by atoms with Crippen molar-refractivity contribution < 1.29 is 12.7 Å². The molecule has 4 nitrogen and oxygen atoms in total. The molecule has 0 aliphatic rings. The minimum Gasteiger partial charge on any atom is -0.198 e. The number of hydroxylamine groups is 1. The zero-order valence-corrected chi connectivity index (χ0v) is 7.23. The van der Waals surface area contributed by atoms with Gasteiger partial charge in [-0.25, -0.2) is 0 Å². The molecule has 0 radical (unpaired) electrons. The molecule has 0 rings (SSSR count). The van der Waals surface area contributed by atoms with E-state index < -0.39 is 10.1 Å². The van der Waals surface area contributed by atoms with Crippen LogP contribution in [0.3, 0.4) is 0 Å². The van der Waals surface area contributed by atoms with Gasteiger partial charge >= 0.3 is 0 Å². The van der Waals surface area contributed by atoms with E-state index >= 15 is 0 Å². The Kier molecular flexibility index (Phi) is 3.85. The van der Waals surface area contributed by atoms with Gasteiger partial charge in [-0.3, -0.25) is 0 Å². The third-order valence-electron chi connectivity index (χ3n) is 0.764. The summed E-state index contributed by atoms with van der Waals surface area (Å²) in [6.45, 7) is 5.12. The first-order valence-corrected chi connectivity index (χ1v) is 4.72. The van der Waals surface area contributed by atoms with Crippen LogP contribution in [0.1, 0.15) is 20.8 Å². The maximum atomic E-state index is 10.6. The Morgan fingerprint density at radius 2 is 2.00 bits per heavy atom. The number of rotatable bonds is 4. The summed E-state index contributed by atoms with van der Waals surface area (Å²) in [7, 11) is -3.33. The number of hydrogen-bond donors (Lipinski definition) is 1. The van der Waals surface area contributed by atoms with Gasteiger partial charge in [0.05, 0.1) is 5.75 Å². The lowest BCUT2D eigenvalue weighted by Crippen LogP contribution is -2.27. The smallest absolute Gasteiger partial charge is 0.198 e. The second kappa shape index (κ2) is 3.90. The minimum absolute atomic E-state index is 0.00722. The Morgan fingerprint density at radius 1 is 1.50 bits per heavy atom. The Bertz CT molecular complexity index is 173. The van der Waals surface area contributed by atoms with Crippen LogP contribution in [0.15, 0.2) is 0 Å². The molecule has 0 aromatic carbocycles. The second-order valence-electron chi connectivity index (χ2n) is 2.20. The highest BCUT2D eigenvalue weighted by atomic mass is 32.2. The lowest BCUT2D eigenvalue weighted by Gasteiger charge is -2.06. The van der Waals surface area contributed by atoms with Gasteiger partial charge in [-0.1, -0.05) is 0 Å². The predicted molar refractivity (Wildman–Crippen MR) is 38.8 cm³/mol. The molecule has 10 heavy (non-hydrogen) atoms. The van der Waals surface area contributed by atoms with Crippen molar-refractivity contribution in [3.05, 3.63) is 0 Å². The molecule has 0 heterocycles. The fourth-order valence-electron chi connectivity index (χ4n) is 0.228. The van der Waals surface area contributed by atoms with Crippen LogP contribution < -0.4 is 5.48 Å². The largest absolute Gasteiger partial charge is 0.282 e. The van der Waals surface area contributed by atoms with Crippen molar-refractivity contribution in [1.82, 2.24) is 5.48 Å². The Morgan fingerprint density at radius 3 is 2.30 bits per heavy atom. The Balaban J connectivity index is 3.70. The fourth-order valence-corrected chi connectivity index (χ4v) is 0.685. The predicted octanol–water partition coefficient (Wildman–Crippen LogP) is 0.266. The maximum absolute atomic E-state index is 10.6. The van der Waals surface area contributed by atoms with Gasteiger partial charge in [-0.2, -0.15) is 18.2 Å². The molecular weight excluding hydrogens is 154 g/mol. The van der Waals surface area contributed by atoms with E-state index in [-0.39, 0.29) is 11.8 Å². The molecule has 0 saturated carbocycles. The Labute approximate surface area is 61.7 Å². The summed E-state index contributed by atoms with van der Waals surface area (Å²) in [6, 6.07) is 0.0151. The lowest BCUT2D eigenvalue weighted by atomic mass is 10.4. The van der Waals surface area contributed by atoms with Crippen molar-refractivity contribution in [2.24, 2.45) is 0 Å². The summed E-state index contributed by atoms with van der Waals surface area (Å²) in [4.78, 5) is 0. The van der Waals surface area contributed by atoms with E-state index in [4.69, 9.17) is 0 Å². The highest BCUT2D eigenvalue weighted by molar-refractivity contribution is 7.86. The monoisotopic (exact) mass is 167 g/mol. The normalized spacial score (nSPS) is 12.4. The van der Waals surface area contributed by atoms with Crippen LogP contribution in [-0.4, -0.2) is 20.2 Å². The molecule has 0 fully saturated rings. The molecule has 1 N–H and O–H groups in total. The third kappa shape index (κ3) is 4.72. The maximum Gasteiger partial charge on any atom is 0.282 e. The molecule has 0 aliphatic heterocycles. The van der Waals surface area contributed by atoms with E-state index in [1.807, 2.05) is 0 Å². The zero-order valence-electron chi connectivity index (χ0n) is 6.42. The first kappa shape index (κ1) is 9.87. The van der Waals surface area contributed by atoms with Gasteiger partial charge in [0.15, 0.2) is 0 Å². The van der Waals surface area contributed by atoms with E-state index in [1.54, 1.807) is 13.8 Å². The fraction of sp³-hybridized carbons (Fsp3) is 1.00. The van der Waals surface area contributed by atoms with Gasteiger partial charge in [-0.15, -0.1) is 0 Å². The highest BCUT2D eigenvalue weighted by Crippen LogP contribution is 1.89. The van der Waals surface area contributed by atoms with Crippen LogP contribution in [0.4, 0.5) is 0 Å². The average molecular weight is 167 g/mol. The summed E-state index contributed by atoms with van der Waals surface area (Å²) in [5, 5.41) is 0. The second-order valence-corrected chi connectivity index (χ2v) is 4.06. The molecular formula is C5H13NO3S. The molecule has 0 amide bonds. The van der Waals surface area contributed by atoms with Crippen molar-refractivity contribution >= 4 is 10.1 Å². The topological polar surface area (TPSA) is 55.4 Å². The van der Waals surface area contributed by atoms with E-state index in [0.717, 1.165) is 0 Å². The standard InChI is InChI=1S/C5H13NO3S/c1-4-10(7,8)9-6-5(2)3/h5-6H,4H2,1-3H3. The molecule has 0 atom stereocenters. The van der Waals surface area contributed by atoms with Gasteiger partial charge in [0.25, 0.3) is 10.1 Å². The molecule has 0 bridgehead atoms. The molecule has 0 saturated heterocycles. The number of nitrogens with one attached hydrogen (secondary N) is 1. The minimum atomic E-state index is -3.33. The van der Waals surface area contributed by atoms with Crippen molar-refractivity contribution in [2.45, 2.75) is 26.8 Å². The quantitative estimate of drug-likeness (QED) is 0.610. The summed E-state index contributed by atoms with van der Waals surface area (Å²) in [5.41, 5.74) is 2.35. The van der Waals surface area contributed by atoms with Gasteiger partial charge in [0.1, 0.15) is 0 Å². The van der Waals surface area contributed by atoms with Crippen LogP contribution in [0.25, 0.3) is 0 Å². The Hall–Kier alpha value is -0.130. The molecule has 0 aromatic heterocycles. The third-order valence-corrected chi connectivity index (χ3v) is 1.82. The van der Waals surface area contributed by atoms with Gasteiger partial charge in [-0.05, 0) is 20.8 Å². The summed E-state index contributed by atoms with van der Waals surface area (Å²) in [5.74, 6) is -0.00722. The van der Waals surface area contributed by atoms with E-state index in [0.29, 0.717) is 0 Å². The van der Waals surface area contributed by atoms with Crippen molar-refractivity contribution in [3.8, 4) is 0 Å². The van der Waals surface area contributed by atoms with Crippen molar-refractivity contribution in [3.63, 3.8) is 0 Å². The van der Waals surface area contributed by atoms with Crippen molar-refractivity contribution in [1.29, 1.82) is 0 Å². The van der Waals surface area contributed by atoms with Crippen LogP contribution >= 0.6 is 0 Å². The summed E-state index contributed by atoms with van der Waals surface area (Å²) < 4.78 is 25.6. The lowest BCUT2D eigenvalue weighted by molar-refractivity contribution is 0.177. The first-order chi connectivity index (χ1) is 4.48. The van der Waals surface area contributed by atoms with E-state index in [1.165, 1.54) is 6.92 Å². The van der Waals surface area contributed by atoms with Crippen LogP contribution in [0, 0.1) is 0 Å². The molecule has 5 heteroatoms. The molecule has 62 valence electrons. The van der Waals surface area contributed by atoms with Gasteiger partial charge in [0, 0.05) is 6.04 Å². The van der Waals surface area contributed by atoms with Crippen LogP contribution in [0.5, 0.6) is 0 Å². The van der Waals surface area contributed by atoms with E-state index in [2.05, 4.69) is 9.76 Å². The zero-order chi connectivity index (χ0) is 8.20.